The summed E-state index contributed by atoms with van der Waals surface area (Å²) in [4.78, 5) is 22.0. The first kappa shape index (κ1) is 14.4. The fourth-order valence-electron chi connectivity index (χ4n) is 2.91. The molecule has 0 spiro atoms. The van der Waals surface area contributed by atoms with Crippen LogP contribution in [0.3, 0.4) is 0 Å². The maximum Gasteiger partial charge on any atom is 0.253 e. The molecule has 1 fully saturated rings. The van der Waals surface area contributed by atoms with Crippen LogP contribution in [0.5, 0.6) is 0 Å². The van der Waals surface area contributed by atoms with E-state index in [-0.39, 0.29) is 5.91 Å². The van der Waals surface area contributed by atoms with Gasteiger partial charge in [-0.05, 0) is 36.8 Å². The van der Waals surface area contributed by atoms with Crippen LogP contribution < -0.4 is 0 Å². The number of benzene rings is 1. The van der Waals surface area contributed by atoms with Gasteiger partial charge in [-0.25, -0.2) is 4.98 Å². The fraction of sp³-hybridized carbons (Fsp3) is 0.500. The van der Waals surface area contributed by atoms with Crippen LogP contribution in [-0.2, 0) is 0 Å². The standard InChI is InChI=1S/C16H21N3OS/c1-2-21-13-5-3-4-8-19(10-13)16(20)12-6-7-14-15(9-12)18-11-17-14/h6-7,9,11,13H,2-5,8,10H2,1H3,(H,17,18). The molecule has 0 bridgehead atoms. The molecule has 2 heterocycles. The second-order valence-corrected chi connectivity index (χ2v) is 7.04. The van der Waals surface area contributed by atoms with Gasteiger partial charge in [0.25, 0.3) is 5.91 Å². The number of fused-ring (bicyclic) bond motifs is 1. The van der Waals surface area contributed by atoms with E-state index >= 15 is 0 Å². The largest absolute Gasteiger partial charge is 0.345 e. The summed E-state index contributed by atoms with van der Waals surface area (Å²) in [7, 11) is 0. The van der Waals surface area contributed by atoms with Crippen molar-refractivity contribution in [1.29, 1.82) is 0 Å². The van der Waals surface area contributed by atoms with Crippen LogP contribution >= 0.6 is 11.8 Å². The summed E-state index contributed by atoms with van der Waals surface area (Å²) in [5.74, 6) is 1.27. The van der Waals surface area contributed by atoms with Crippen molar-refractivity contribution in [3.63, 3.8) is 0 Å². The summed E-state index contributed by atoms with van der Waals surface area (Å²) in [6, 6.07) is 5.71. The van der Waals surface area contributed by atoms with E-state index in [1.807, 2.05) is 34.9 Å². The lowest BCUT2D eigenvalue weighted by molar-refractivity contribution is 0.0763. The summed E-state index contributed by atoms with van der Waals surface area (Å²) in [6.07, 6.45) is 5.22. The number of nitrogens with zero attached hydrogens (tertiary/aromatic N) is 2. The zero-order chi connectivity index (χ0) is 14.7. The monoisotopic (exact) mass is 303 g/mol. The number of nitrogens with one attached hydrogen (secondary N) is 1. The van der Waals surface area contributed by atoms with Gasteiger partial charge in [-0.1, -0.05) is 13.3 Å². The first-order valence-electron chi connectivity index (χ1n) is 7.62. The van der Waals surface area contributed by atoms with E-state index < -0.39 is 0 Å². The number of imidazole rings is 1. The maximum absolute atomic E-state index is 12.8. The van der Waals surface area contributed by atoms with Gasteiger partial charge in [0.2, 0.25) is 0 Å². The fourth-order valence-corrected chi connectivity index (χ4v) is 4.00. The number of amides is 1. The summed E-state index contributed by atoms with van der Waals surface area (Å²) >= 11 is 1.98. The number of likely N-dealkylation sites (tertiary alicyclic amines) is 1. The lowest BCUT2D eigenvalue weighted by Gasteiger charge is -2.24. The Balaban J connectivity index is 1.78. The Morgan fingerprint density at radius 1 is 1.48 bits per heavy atom. The Labute approximate surface area is 129 Å². The molecule has 21 heavy (non-hydrogen) atoms. The third-order valence-electron chi connectivity index (χ3n) is 3.98. The average molecular weight is 303 g/mol. The van der Waals surface area contributed by atoms with Crippen molar-refractivity contribution in [2.75, 3.05) is 18.8 Å². The summed E-state index contributed by atoms with van der Waals surface area (Å²) in [5, 5.41) is 0.581. The van der Waals surface area contributed by atoms with Crippen molar-refractivity contribution < 1.29 is 4.79 Å². The quantitative estimate of drug-likeness (QED) is 0.946. The van der Waals surface area contributed by atoms with Crippen LogP contribution in [0.25, 0.3) is 11.0 Å². The maximum atomic E-state index is 12.8. The first-order chi connectivity index (χ1) is 10.3. The molecular weight excluding hydrogens is 282 g/mol. The number of rotatable bonds is 3. The number of aromatic nitrogens is 2. The van der Waals surface area contributed by atoms with Crippen LogP contribution in [0.1, 0.15) is 36.5 Å². The lowest BCUT2D eigenvalue weighted by Crippen LogP contribution is -2.35. The number of aromatic amines is 1. The Bertz CT molecular complexity index is 625. The Hall–Kier alpha value is -1.49. The molecule has 1 aliphatic heterocycles. The van der Waals surface area contributed by atoms with Gasteiger partial charge in [0.05, 0.1) is 17.4 Å². The topological polar surface area (TPSA) is 49.0 Å². The van der Waals surface area contributed by atoms with Crippen LogP contribution in [0.2, 0.25) is 0 Å². The van der Waals surface area contributed by atoms with Crippen LogP contribution in [-0.4, -0.2) is 44.9 Å². The van der Waals surface area contributed by atoms with Crippen molar-refractivity contribution in [2.45, 2.75) is 31.4 Å². The second-order valence-electron chi connectivity index (χ2n) is 5.46. The van der Waals surface area contributed by atoms with Crippen LogP contribution in [0.4, 0.5) is 0 Å². The summed E-state index contributed by atoms with van der Waals surface area (Å²) in [6.45, 7) is 3.94. The molecule has 5 heteroatoms. The number of H-pyrrole nitrogens is 1. The number of hydrogen-bond acceptors (Lipinski definition) is 3. The highest BCUT2D eigenvalue weighted by molar-refractivity contribution is 7.99. The SMILES string of the molecule is CCSC1CCCCN(C(=O)c2ccc3nc[nH]c3c2)C1. The van der Waals surface area contributed by atoms with Gasteiger partial charge in [0.1, 0.15) is 0 Å². The minimum atomic E-state index is 0.148. The Kier molecular flexibility index (Phi) is 4.48. The van der Waals surface area contributed by atoms with Gasteiger partial charge < -0.3 is 9.88 Å². The zero-order valence-electron chi connectivity index (χ0n) is 12.3. The van der Waals surface area contributed by atoms with Gasteiger partial charge in [-0.2, -0.15) is 11.8 Å². The van der Waals surface area contributed by atoms with E-state index in [0.717, 1.165) is 41.9 Å². The number of thioether (sulfide) groups is 1. The molecule has 112 valence electrons. The van der Waals surface area contributed by atoms with Crippen molar-refractivity contribution in [1.82, 2.24) is 14.9 Å². The third-order valence-corrected chi connectivity index (χ3v) is 5.17. The van der Waals surface area contributed by atoms with E-state index in [1.165, 1.54) is 12.8 Å². The lowest BCUT2D eigenvalue weighted by atomic mass is 10.1. The highest BCUT2D eigenvalue weighted by atomic mass is 32.2. The van der Waals surface area contributed by atoms with Crippen molar-refractivity contribution >= 4 is 28.7 Å². The van der Waals surface area contributed by atoms with Crippen LogP contribution in [0, 0.1) is 0 Å². The minimum absolute atomic E-state index is 0.148. The number of carbonyl (C=O) groups is 1. The van der Waals surface area contributed by atoms with Crippen LogP contribution in [0.15, 0.2) is 24.5 Å². The molecule has 0 saturated carbocycles. The third kappa shape index (κ3) is 3.23. The minimum Gasteiger partial charge on any atom is -0.345 e. The molecule has 1 aromatic carbocycles. The van der Waals surface area contributed by atoms with Gasteiger partial charge >= 0.3 is 0 Å². The van der Waals surface area contributed by atoms with E-state index in [4.69, 9.17) is 0 Å². The van der Waals surface area contributed by atoms with Gasteiger partial charge in [0, 0.05) is 23.9 Å². The first-order valence-corrected chi connectivity index (χ1v) is 8.67. The molecule has 1 N–H and O–H groups in total. The molecule has 4 nitrogen and oxygen atoms in total. The zero-order valence-corrected chi connectivity index (χ0v) is 13.2. The molecular formula is C16H21N3OS. The molecule has 0 radical (unpaired) electrons. The van der Waals surface area contributed by atoms with E-state index in [2.05, 4.69) is 16.9 Å². The molecule has 3 rings (SSSR count). The van der Waals surface area contributed by atoms with Gasteiger partial charge in [-0.15, -0.1) is 0 Å². The normalized spacial score (nSPS) is 19.7. The molecule has 1 aliphatic rings. The van der Waals surface area contributed by atoms with E-state index in [1.54, 1.807) is 6.33 Å². The van der Waals surface area contributed by atoms with Crippen molar-refractivity contribution in [3.05, 3.63) is 30.1 Å². The van der Waals surface area contributed by atoms with Crippen molar-refractivity contribution in [2.24, 2.45) is 0 Å². The highest BCUT2D eigenvalue weighted by Gasteiger charge is 2.23. The Morgan fingerprint density at radius 2 is 2.38 bits per heavy atom. The van der Waals surface area contributed by atoms with E-state index in [0.29, 0.717) is 5.25 Å². The molecule has 1 atom stereocenters. The summed E-state index contributed by atoms with van der Waals surface area (Å²) < 4.78 is 0. The van der Waals surface area contributed by atoms with E-state index in [9.17, 15) is 4.79 Å². The number of carbonyl (C=O) groups excluding carboxylic acids is 1. The Morgan fingerprint density at radius 3 is 3.24 bits per heavy atom. The second kappa shape index (κ2) is 6.52. The molecule has 2 aromatic rings. The predicted octanol–water partition coefficient (Wildman–Crippen LogP) is 3.31. The highest BCUT2D eigenvalue weighted by Crippen LogP contribution is 2.23. The smallest absolute Gasteiger partial charge is 0.253 e. The number of hydrogen-bond donors (Lipinski definition) is 1. The molecule has 1 unspecified atom stereocenters. The predicted molar refractivity (Wildman–Crippen MR) is 87.8 cm³/mol. The summed E-state index contributed by atoms with van der Waals surface area (Å²) in [5.41, 5.74) is 2.59. The molecule has 1 aromatic heterocycles. The molecule has 1 saturated heterocycles. The molecule has 0 aliphatic carbocycles. The molecule has 1 amide bonds. The van der Waals surface area contributed by atoms with Crippen molar-refractivity contribution in [3.8, 4) is 0 Å². The average Bonchev–Trinajstić information content (AvgIpc) is 2.84. The van der Waals surface area contributed by atoms with Gasteiger partial charge in [-0.3, -0.25) is 4.79 Å². The van der Waals surface area contributed by atoms with Gasteiger partial charge in [0.15, 0.2) is 0 Å².